The Morgan fingerprint density at radius 1 is 1.61 bits per heavy atom. The van der Waals surface area contributed by atoms with Crippen LogP contribution in [0.1, 0.15) is 44.3 Å². The first-order valence-corrected chi connectivity index (χ1v) is 6.62. The fourth-order valence-electron chi connectivity index (χ4n) is 1.74. The molecule has 1 aliphatic carbocycles. The number of aromatic nitrogens is 3. The number of aryl methyl sites for hydroxylation is 1. The smallest absolute Gasteiger partial charge is 0.244 e. The van der Waals surface area contributed by atoms with E-state index in [0.717, 1.165) is 37.8 Å². The molecule has 1 aromatic rings. The average Bonchev–Trinajstić information content (AvgIpc) is 3.05. The third kappa shape index (κ3) is 3.53. The Morgan fingerprint density at radius 2 is 2.39 bits per heavy atom. The molecule has 0 saturated heterocycles. The van der Waals surface area contributed by atoms with E-state index in [1.165, 1.54) is 0 Å². The van der Waals surface area contributed by atoms with Crippen molar-refractivity contribution in [3.8, 4) is 0 Å². The van der Waals surface area contributed by atoms with Gasteiger partial charge < -0.3 is 11.1 Å². The van der Waals surface area contributed by atoms with Gasteiger partial charge in [0, 0.05) is 12.2 Å². The van der Waals surface area contributed by atoms with E-state index < -0.39 is 0 Å². The molecule has 1 aliphatic rings. The van der Waals surface area contributed by atoms with Gasteiger partial charge in [-0.15, -0.1) is 5.10 Å². The minimum atomic E-state index is -0.290. The molecule has 0 bridgehead atoms. The summed E-state index contributed by atoms with van der Waals surface area (Å²) in [6, 6.07) is 0.0915. The Hall–Kier alpha value is -1.43. The lowest BCUT2D eigenvalue weighted by molar-refractivity contribution is -0.124. The number of hydrogen-bond donors (Lipinski definition) is 2. The molecule has 1 amide bonds. The van der Waals surface area contributed by atoms with E-state index in [2.05, 4.69) is 15.6 Å². The molecule has 100 valence electrons. The Balaban J connectivity index is 1.85. The second-order valence-corrected chi connectivity index (χ2v) is 4.89. The van der Waals surface area contributed by atoms with Crippen LogP contribution in [0.4, 0.5) is 0 Å². The average molecular weight is 251 g/mol. The third-order valence-corrected chi connectivity index (χ3v) is 3.14. The second kappa shape index (κ2) is 5.95. The Kier molecular flexibility index (Phi) is 4.30. The highest BCUT2D eigenvalue weighted by Crippen LogP contribution is 2.19. The van der Waals surface area contributed by atoms with E-state index in [-0.39, 0.29) is 11.9 Å². The molecule has 0 aliphatic heterocycles. The molecular formula is C12H21N5O. The zero-order valence-corrected chi connectivity index (χ0v) is 10.8. The number of carbonyl (C=O) groups excluding carboxylic acids is 1. The summed E-state index contributed by atoms with van der Waals surface area (Å²) in [5.74, 6) is 0.0240. The van der Waals surface area contributed by atoms with E-state index in [9.17, 15) is 4.79 Å². The van der Waals surface area contributed by atoms with Crippen molar-refractivity contribution in [2.75, 3.05) is 6.54 Å². The lowest BCUT2D eigenvalue weighted by atomic mass is 10.2. The fourth-order valence-corrected chi connectivity index (χ4v) is 1.74. The molecule has 1 aromatic heterocycles. The summed E-state index contributed by atoms with van der Waals surface area (Å²) in [7, 11) is 0. The number of carbonyl (C=O) groups is 1. The zero-order chi connectivity index (χ0) is 13.0. The summed E-state index contributed by atoms with van der Waals surface area (Å²) in [6.07, 6.45) is 6.92. The number of nitrogens with zero attached hydrogens (tertiary/aromatic N) is 3. The molecule has 1 atom stereocenters. The van der Waals surface area contributed by atoms with Gasteiger partial charge in [0.25, 0.3) is 0 Å². The van der Waals surface area contributed by atoms with Crippen LogP contribution in [0.15, 0.2) is 6.20 Å². The lowest BCUT2D eigenvalue weighted by Crippen LogP contribution is -2.32. The topological polar surface area (TPSA) is 85.8 Å². The van der Waals surface area contributed by atoms with Crippen LogP contribution in [0.25, 0.3) is 0 Å². The fraction of sp³-hybridized carbons (Fsp3) is 0.750. The van der Waals surface area contributed by atoms with E-state index in [1.54, 1.807) is 4.68 Å². The highest BCUT2D eigenvalue weighted by atomic mass is 16.2. The summed E-state index contributed by atoms with van der Waals surface area (Å²) in [5, 5.41) is 11.1. The van der Waals surface area contributed by atoms with Crippen molar-refractivity contribution < 1.29 is 4.79 Å². The first-order chi connectivity index (χ1) is 8.70. The van der Waals surface area contributed by atoms with Crippen molar-refractivity contribution in [1.29, 1.82) is 0 Å². The number of hydrogen-bond acceptors (Lipinski definition) is 4. The van der Waals surface area contributed by atoms with Crippen LogP contribution in [-0.2, 0) is 11.2 Å². The molecule has 0 radical (unpaired) electrons. The molecule has 2 rings (SSSR count). The monoisotopic (exact) mass is 251 g/mol. The van der Waals surface area contributed by atoms with Crippen LogP contribution in [0.3, 0.4) is 0 Å². The highest BCUT2D eigenvalue weighted by Gasteiger charge is 2.26. The van der Waals surface area contributed by atoms with Crippen LogP contribution in [0.5, 0.6) is 0 Å². The van der Waals surface area contributed by atoms with Crippen molar-refractivity contribution in [3.05, 3.63) is 11.9 Å². The van der Waals surface area contributed by atoms with Crippen molar-refractivity contribution in [3.63, 3.8) is 0 Å². The van der Waals surface area contributed by atoms with Gasteiger partial charge >= 0.3 is 0 Å². The summed E-state index contributed by atoms with van der Waals surface area (Å²) in [5.41, 5.74) is 6.37. The second-order valence-electron chi connectivity index (χ2n) is 4.89. The standard InChI is InChI=1S/C12H21N5O/c1-9(12(18)14-10-5-6-10)17-8-11(15-16-17)4-2-3-7-13/h8-10H,2-7,13H2,1H3,(H,14,18). The van der Waals surface area contributed by atoms with Gasteiger partial charge in [0.2, 0.25) is 5.91 Å². The minimum Gasteiger partial charge on any atom is -0.352 e. The molecular weight excluding hydrogens is 230 g/mol. The zero-order valence-electron chi connectivity index (χ0n) is 10.8. The molecule has 6 heteroatoms. The first kappa shape index (κ1) is 13.0. The van der Waals surface area contributed by atoms with Crippen molar-refractivity contribution in [1.82, 2.24) is 20.3 Å². The van der Waals surface area contributed by atoms with Gasteiger partial charge in [0.1, 0.15) is 6.04 Å². The summed E-state index contributed by atoms with van der Waals surface area (Å²) in [6.45, 7) is 2.55. The maximum Gasteiger partial charge on any atom is 0.244 e. The largest absolute Gasteiger partial charge is 0.352 e. The quantitative estimate of drug-likeness (QED) is 0.687. The molecule has 18 heavy (non-hydrogen) atoms. The Bertz CT molecular complexity index is 399. The van der Waals surface area contributed by atoms with E-state index >= 15 is 0 Å². The number of nitrogens with two attached hydrogens (primary N) is 1. The lowest BCUT2D eigenvalue weighted by Gasteiger charge is -2.10. The van der Waals surface area contributed by atoms with Crippen LogP contribution in [0, 0.1) is 0 Å². The van der Waals surface area contributed by atoms with E-state index in [0.29, 0.717) is 12.6 Å². The molecule has 0 aromatic carbocycles. The van der Waals surface area contributed by atoms with Crippen molar-refractivity contribution in [2.45, 2.75) is 51.1 Å². The molecule has 0 spiro atoms. The molecule has 1 saturated carbocycles. The number of unbranched alkanes of at least 4 members (excludes halogenated alkanes) is 1. The Morgan fingerprint density at radius 3 is 3.06 bits per heavy atom. The Labute approximate surface area is 107 Å². The molecule has 1 unspecified atom stereocenters. The van der Waals surface area contributed by atoms with Gasteiger partial charge in [-0.3, -0.25) is 4.79 Å². The molecule has 1 heterocycles. The number of nitrogens with one attached hydrogen (secondary N) is 1. The predicted molar refractivity (Wildman–Crippen MR) is 67.9 cm³/mol. The van der Waals surface area contributed by atoms with Gasteiger partial charge in [0.15, 0.2) is 0 Å². The SMILES string of the molecule is CC(C(=O)NC1CC1)n1cc(CCCCN)nn1. The van der Waals surface area contributed by atoms with Gasteiger partial charge in [-0.25, -0.2) is 4.68 Å². The van der Waals surface area contributed by atoms with Crippen LogP contribution in [-0.4, -0.2) is 33.5 Å². The summed E-state index contributed by atoms with van der Waals surface area (Å²) < 4.78 is 1.63. The minimum absolute atomic E-state index is 0.0240. The van der Waals surface area contributed by atoms with Gasteiger partial charge in [-0.1, -0.05) is 5.21 Å². The maximum absolute atomic E-state index is 11.8. The van der Waals surface area contributed by atoms with Gasteiger partial charge in [-0.05, 0) is 45.6 Å². The van der Waals surface area contributed by atoms with Crippen molar-refractivity contribution >= 4 is 5.91 Å². The van der Waals surface area contributed by atoms with E-state index in [1.807, 2.05) is 13.1 Å². The van der Waals surface area contributed by atoms with Crippen LogP contribution >= 0.6 is 0 Å². The van der Waals surface area contributed by atoms with Gasteiger partial charge in [0.05, 0.1) is 5.69 Å². The van der Waals surface area contributed by atoms with Crippen LogP contribution < -0.4 is 11.1 Å². The highest BCUT2D eigenvalue weighted by molar-refractivity contribution is 5.80. The van der Waals surface area contributed by atoms with Crippen LogP contribution in [0.2, 0.25) is 0 Å². The first-order valence-electron chi connectivity index (χ1n) is 6.62. The molecule has 1 fully saturated rings. The third-order valence-electron chi connectivity index (χ3n) is 3.14. The number of rotatable bonds is 7. The van der Waals surface area contributed by atoms with Gasteiger partial charge in [-0.2, -0.15) is 0 Å². The van der Waals surface area contributed by atoms with E-state index in [4.69, 9.17) is 5.73 Å². The van der Waals surface area contributed by atoms with Crippen molar-refractivity contribution in [2.24, 2.45) is 5.73 Å². The predicted octanol–water partition coefficient (Wildman–Crippen LogP) is 0.399. The molecule has 3 N–H and O–H groups in total. The summed E-state index contributed by atoms with van der Waals surface area (Å²) >= 11 is 0. The molecule has 6 nitrogen and oxygen atoms in total. The maximum atomic E-state index is 11.8. The number of amides is 1. The summed E-state index contributed by atoms with van der Waals surface area (Å²) in [4.78, 5) is 11.8. The normalized spacial score (nSPS) is 16.6.